The lowest BCUT2D eigenvalue weighted by Crippen LogP contribution is -2.23. The second-order valence-corrected chi connectivity index (χ2v) is 12.2. The van der Waals surface area contributed by atoms with E-state index in [-0.39, 0.29) is 0 Å². The molecule has 0 amide bonds. The zero-order valence-electron chi connectivity index (χ0n) is 23.0. The van der Waals surface area contributed by atoms with Gasteiger partial charge < -0.3 is 14.4 Å². The molecule has 0 aliphatic heterocycles. The van der Waals surface area contributed by atoms with Crippen molar-refractivity contribution >= 4 is 21.4 Å². The molecule has 0 bridgehead atoms. The number of hydrogen-bond donors (Lipinski definition) is 1. The summed E-state index contributed by atoms with van der Waals surface area (Å²) < 4.78 is 38.6. The topological polar surface area (TPSA) is 67.9 Å². The third-order valence-corrected chi connectivity index (χ3v) is 7.80. The Labute approximate surface area is 237 Å². The summed E-state index contributed by atoms with van der Waals surface area (Å²) in [6.07, 6.45) is 4.99. The van der Waals surface area contributed by atoms with Crippen molar-refractivity contribution in [1.29, 1.82) is 0 Å². The first-order valence-electron chi connectivity index (χ1n) is 13.7. The molecule has 4 aromatic rings. The van der Waals surface area contributed by atoms with E-state index in [1.54, 1.807) is 6.07 Å². The molecule has 0 unspecified atom stereocenters. The maximum absolute atomic E-state index is 11.9. The number of ether oxygens (including phenoxy) is 2. The molecule has 1 saturated carbocycles. The van der Waals surface area contributed by atoms with Gasteiger partial charge in [-0.25, -0.2) is 8.42 Å². The van der Waals surface area contributed by atoms with Crippen LogP contribution in [0, 0.1) is 12.8 Å². The zero-order valence-corrected chi connectivity index (χ0v) is 23.9. The highest BCUT2D eigenvalue weighted by Crippen LogP contribution is 2.32. The van der Waals surface area contributed by atoms with Crippen molar-refractivity contribution in [3.63, 3.8) is 0 Å². The number of hydrogen-bond acceptors (Lipinski definition) is 5. The van der Waals surface area contributed by atoms with Crippen molar-refractivity contribution in [3.8, 4) is 17.2 Å². The van der Waals surface area contributed by atoms with E-state index in [2.05, 4.69) is 33.9 Å². The summed E-state index contributed by atoms with van der Waals surface area (Å²) in [6, 6.07) is 31.9. The monoisotopic (exact) mass is 556 g/mol. The molecule has 0 saturated heterocycles. The molecular formula is C33H36N2O4S. The SMILES string of the molecule is Cc1c(NS(C)(=O)=O)cccc1N(Cc1ccccc1)Cc1ccc(Oc2cccc(OCC3CCC3)c2)cc1. The summed E-state index contributed by atoms with van der Waals surface area (Å²) >= 11 is 0. The van der Waals surface area contributed by atoms with E-state index in [1.165, 1.54) is 31.1 Å². The number of sulfonamides is 1. The molecular weight excluding hydrogens is 520 g/mol. The minimum atomic E-state index is -3.39. The van der Waals surface area contributed by atoms with Gasteiger partial charge in [-0.05, 0) is 78.8 Å². The Morgan fingerprint density at radius 3 is 2.15 bits per heavy atom. The van der Waals surface area contributed by atoms with Crippen LogP contribution in [0.5, 0.6) is 17.2 Å². The Hall–Kier alpha value is -3.97. The van der Waals surface area contributed by atoms with Crippen LogP contribution in [0.2, 0.25) is 0 Å². The highest BCUT2D eigenvalue weighted by atomic mass is 32.2. The molecule has 5 rings (SSSR count). The predicted molar refractivity (Wildman–Crippen MR) is 162 cm³/mol. The number of nitrogens with one attached hydrogen (secondary N) is 1. The van der Waals surface area contributed by atoms with Gasteiger partial charge in [0.25, 0.3) is 0 Å². The number of rotatable bonds is 12. The normalized spacial score (nSPS) is 13.3. The van der Waals surface area contributed by atoms with Crippen molar-refractivity contribution < 1.29 is 17.9 Å². The van der Waals surface area contributed by atoms with Gasteiger partial charge in [0.05, 0.1) is 18.6 Å². The molecule has 1 N–H and O–H groups in total. The van der Waals surface area contributed by atoms with Gasteiger partial charge in [-0.1, -0.05) is 61.0 Å². The summed E-state index contributed by atoms with van der Waals surface area (Å²) in [5.41, 5.74) is 4.71. The third kappa shape index (κ3) is 7.57. The standard InChI is InChI=1S/C33H36N2O4S/c1-25-32(34-40(2,36)37)15-8-16-33(25)35(22-26-9-4-3-5-10-26)23-27-17-19-29(20-18-27)39-31-14-7-13-30(21-31)38-24-28-11-6-12-28/h3-5,7-10,13-21,28,34H,6,11-12,22-24H2,1-2H3. The fraction of sp³-hybridized carbons (Fsp3) is 0.273. The van der Waals surface area contributed by atoms with E-state index in [0.29, 0.717) is 24.7 Å². The van der Waals surface area contributed by atoms with Crippen molar-refractivity contribution in [1.82, 2.24) is 0 Å². The van der Waals surface area contributed by atoms with Crippen LogP contribution in [0.15, 0.2) is 97.1 Å². The largest absolute Gasteiger partial charge is 0.493 e. The van der Waals surface area contributed by atoms with Crippen LogP contribution < -0.4 is 19.1 Å². The van der Waals surface area contributed by atoms with Crippen molar-refractivity contribution in [3.05, 3.63) is 114 Å². The molecule has 0 spiro atoms. The van der Waals surface area contributed by atoms with Crippen LogP contribution in [-0.2, 0) is 23.1 Å². The molecule has 0 atom stereocenters. The van der Waals surface area contributed by atoms with Gasteiger partial charge in [0, 0.05) is 24.8 Å². The van der Waals surface area contributed by atoms with Gasteiger partial charge in [0.15, 0.2) is 0 Å². The average Bonchev–Trinajstić information content (AvgIpc) is 2.90. The lowest BCUT2D eigenvalue weighted by molar-refractivity contribution is 0.180. The summed E-state index contributed by atoms with van der Waals surface area (Å²) in [5.74, 6) is 3.02. The van der Waals surface area contributed by atoms with Crippen LogP contribution in [-0.4, -0.2) is 21.3 Å². The maximum atomic E-state index is 11.9. The highest BCUT2D eigenvalue weighted by Gasteiger charge is 2.18. The van der Waals surface area contributed by atoms with Crippen LogP contribution in [0.1, 0.15) is 36.0 Å². The Morgan fingerprint density at radius 1 is 0.800 bits per heavy atom. The van der Waals surface area contributed by atoms with E-state index in [4.69, 9.17) is 9.47 Å². The third-order valence-electron chi connectivity index (χ3n) is 7.21. The molecule has 208 valence electrons. The molecule has 1 aliphatic carbocycles. The fourth-order valence-electron chi connectivity index (χ4n) is 4.83. The highest BCUT2D eigenvalue weighted by molar-refractivity contribution is 7.92. The quantitative estimate of drug-likeness (QED) is 0.195. The van der Waals surface area contributed by atoms with E-state index in [1.807, 2.05) is 73.7 Å². The van der Waals surface area contributed by atoms with Gasteiger partial charge in [-0.2, -0.15) is 0 Å². The van der Waals surface area contributed by atoms with Crippen LogP contribution in [0.3, 0.4) is 0 Å². The molecule has 6 nitrogen and oxygen atoms in total. The molecule has 4 aromatic carbocycles. The first-order chi connectivity index (χ1) is 19.3. The summed E-state index contributed by atoms with van der Waals surface area (Å²) in [7, 11) is -3.39. The van der Waals surface area contributed by atoms with E-state index in [0.717, 1.165) is 40.7 Å². The van der Waals surface area contributed by atoms with E-state index >= 15 is 0 Å². The average molecular weight is 557 g/mol. The Bertz CT molecular complexity index is 1520. The first-order valence-corrected chi connectivity index (χ1v) is 15.6. The molecule has 0 radical (unpaired) electrons. The molecule has 0 aromatic heterocycles. The van der Waals surface area contributed by atoms with Gasteiger partial charge in [-0.3, -0.25) is 4.72 Å². The minimum Gasteiger partial charge on any atom is -0.493 e. The minimum absolute atomic E-state index is 0.584. The molecule has 40 heavy (non-hydrogen) atoms. The molecule has 0 heterocycles. The van der Waals surface area contributed by atoms with Gasteiger partial charge in [-0.15, -0.1) is 0 Å². The molecule has 1 fully saturated rings. The maximum Gasteiger partial charge on any atom is 0.229 e. The lowest BCUT2D eigenvalue weighted by Gasteiger charge is -2.28. The Balaban J connectivity index is 1.31. The Kier molecular flexibility index (Phi) is 8.60. The molecule has 1 aliphatic rings. The smallest absolute Gasteiger partial charge is 0.229 e. The van der Waals surface area contributed by atoms with E-state index in [9.17, 15) is 8.42 Å². The van der Waals surface area contributed by atoms with Crippen molar-refractivity contribution in [2.45, 2.75) is 39.3 Å². The predicted octanol–water partition coefficient (Wildman–Crippen LogP) is 7.54. The second kappa shape index (κ2) is 12.5. The van der Waals surface area contributed by atoms with Crippen molar-refractivity contribution in [2.24, 2.45) is 5.92 Å². The first kappa shape index (κ1) is 27.6. The number of benzene rings is 4. The Morgan fingerprint density at radius 2 is 1.48 bits per heavy atom. The summed E-state index contributed by atoms with van der Waals surface area (Å²) in [6.45, 7) is 4.03. The summed E-state index contributed by atoms with van der Waals surface area (Å²) in [5, 5.41) is 0. The van der Waals surface area contributed by atoms with Gasteiger partial charge >= 0.3 is 0 Å². The second-order valence-electron chi connectivity index (χ2n) is 10.5. The number of anilines is 2. The van der Waals surface area contributed by atoms with Crippen molar-refractivity contribution in [2.75, 3.05) is 22.5 Å². The van der Waals surface area contributed by atoms with Crippen LogP contribution in [0.4, 0.5) is 11.4 Å². The van der Waals surface area contributed by atoms with Gasteiger partial charge in [0.2, 0.25) is 10.0 Å². The number of nitrogens with zero attached hydrogens (tertiary/aromatic N) is 1. The summed E-state index contributed by atoms with van der Waals surface area (Å²) in [4.78, 5) is 2.26. The van der Waals surface area contributed by atoms with Crippen LogP contribution in [0.25, 0.3) is 0 Å². The van der Waals surface area contributed by atoms with Gasteiger partial charge in [0.1, 0.15) is 17.2 Å². The van der Waals surface area contributed by atoms with Crippen LogP contribution >= 0.6 is 0 Å². The zero-order chi connectivity index (χ0) is 28.0. The molecule has 7 heteroatoms. The lowest BCUT2D eigenvalue weighted by atomic mass is 9.86. The van der Waals surface area contributed by atoms with E-state index < -0.39 is 10.0 Å². The fourth-order valence-corrected chi connectivity index (χ4v) is 5.45.